The fourth-order valence-electron chi connectivity index (χ4n) is 4.52. The summed E-state index contributed by atoms with van der Waals surface area (Å²) in [7, 11) is 1.98. The van der Waals surface area contributed by atoms with E-state index in [9.17, 15) is 22.8 Å². The molecule has 1 N–H and O–H groups in total. The molecule has 0 bridgehead atoms. The molecule has 2 fully saturated rings. The lowest BCUT2D eigenvalue weighted by Gasteiger charge is -2.20. The second kappa shape index (κ2) is 10.6. The first kappa shape index (κ1) is 27.4. The number of carbonyl (C=O) groups excluding carboxylic acids is 2. The fourth-order valence-corrected chi connectivity index (χ4v) is 5.57. The summed E-state index contributed by atoms with van der Waals surface area (Å²) in [6, 6.07) is 2.99. The van der Waals surface area contributed by atoms with Crippen molar-refractivity contribution >= 4 is 23.2 Å². The van der Waals surface area contributed by atoms with Crippen LogP contribution in [0.2, 0.25) is 0 Å². The first-order valence-electron chi connectivity index (χ1n) is 12.4. The van der Waals surface area contributed by atoms with Crippen molar-refractivity contribution in [2.75, 3.05) is 20.2 Å². The largest absolute Gasteiger partial charge is 0.491 e. The number of nitrogens with zero attached hydrogens (tertiary/aromatic N) is 3. The van der Waals surface area contributed by atoms with Crippen LogP contribution in [0.25, 0.3) is 0 Å². The summed E-state index contributed by atoms with van der Waals surface area (Å²) in [5.41, 5.74) is -1.37. The predicted octanol–water partition coefficient (Wildman–Crippen LogP) is 4.36. The van der Waals surface area contributed by atoms with Gasteiger partial charge in [0, 0.05) is 36.1 Å². The van der Waals surface area contributed by atoms with E-state index >= 15 is 0 Å². The number of nitrogens with one attached hydrogen (secondary N) is 1. The summed E-state index contributed by atoms with van der Waals surface area (Å²) in [5.74, 6) is -0.734. The summed E-state index contributed by atoms with van der Waals surface area (Å²) in [4.78, 5) is 32.8. The van der Waals surface area contributed by atoms with Crippen molar-refractivity contribution in [3.63, 3.8) is 0 Å². The minimum absolute atomic E-state index is 0.0231. The van der Waals surface area contributed by atoms with Crippen LogP contribution in [0.1, 0.15) is 67.3 Å². The maximum Gasteiger partial charge on any atom is 0.416 e. The van der Waals surface area contributed by atoms with Gasteiger partial charge < -0.3 is 19.5 Å². The molecular formula is C26H33F3N4O3S. The molecule has 0 saturated carbocycles. The maximum atomic E-state index is 13.5. The molecule has 7 nitrogen and oxygen atoms in total. The highest BCUT2D eigenvalue weighted by molar-refractivity contribution is 7.09. The van der Waals surface area contributed by atoms with Gasteiger partial charge in [-0.15, -0.1) is 11.3 Å². The van der Waals surface area contributed by atoms with Crippen molar-refractivity contribution < 1.29 is 27.5 Å². The van der Waals surface area contributed by atoms with E-state index in [0.717, 1.165) is 36.4 Å². The van der Waals surface area contributed by atoms with Crippen LogP contribution in [0.5, 0.6) is 5.75 Å². The SMILES string of the molecule is CN1CCC[C@H]1COc1ccc(C(F)(F)F)cc1C(=O)N=c1sc(C(C)(C)C)cn1C[C@@H]1CCC(=O)N1. The average molecular weight is 539 g/mol. The van der Waals surface area contributed by atoms with Crippen molar-refractivity contribution in [1.29, 1.82) is 0 Å². The first-order chi connectivity index (χ1) is 17.3. The molecule has 1 aromatic carbocycles. The summed E-state index contributed by atoms with van der Waals surface area (Å²) in [5, 5.41) is 2.91. The smallest absolute Gasteiger partial charge is 0.416 e. The third-order valence-electron chi connectivity index (χ3n) is 6.80. The van der Waals surface area contributed by atoms with Gasteiger partial charge in [-0.3, -0.25) is 9.59 Å². The van der Waals surface area contributed by atoms with Crippen LogP contribution in [0.3, 0.4) is 0 Å². The van der Waals surface area contributed by atoms with Gasteiger partial charge in [-0.05, 0) is 56.5 Å². The Balaban J connectivity index is 1.70. The molecule has 2 saturated heterocycles. The Kier molecular flexibility index (Phi) is 7.85. The molecule has 11 heteroatoms. The molecule has 3 heterocycles. The molecule has 0 radical (unpaired) electrons. The Bertz CT molecular complexity index is 1230. The summed E-state index contributed by atoms with van der Waals surface area (Å²) in [6.45, 7) is 7.72. The highest BCUT2D eigenvalue weighted by Gasteiger charge is 2.33. The minimum Gasteiger partial charge on any atom is -0.491 e. The number of carbonyl (C=O) groups is 2. The molecule has 1 aromatic heterocycles. The third kappa shape index (κ3) is 6.62. The van der Waals surface area contributed by atoms with Crippen molar-refractivity contribution in [2.45, 2.75) is 76.7 Å². The Hall–Kier alpha value is -2.66. The van der Waals surface area contributed by atoms with Gasteiger partial charge in [0.25, 0.3) is 5.91 Å². The van der Waals surface area contributed by atoms with Crippen LogP contribution in [0.15, 0.2) is 29.4 Å². The molecule has 4 rings (SSSR count). The summed E-state index contributed by atoms with van der Waals surface area (Å²) >= 11 is 1.32. The van der Waals surface area contributed by atoms with E-state index in [2.05, 4.69) is 15.2 Å². The number of alkyl halides is 3. The number of likely N-dealkylation sites (N-methyl/N-ethyl adjacent to an activating group) is 1. The van der Waals surface area contributed by atoms with E-state index in [-0.39, 0.29) is 41.3 Å². The molecule has 0 unspecified atom stereocenters. The normalized spacial score (nSPS) is 21.5. The van der Waals surface area contributed by atoms with Crippen LogP contribution in [0, 0.1) is 0 Å². The molecule has 2 aliphatic rings. The van der Waals surface area contributed by atoms with Crippen molar-refractivity contribution in [1.82, 2.24) is 14.8 Å². The monoisotopic (exact) mass is 538 g/mol. The molecular weight excluding hydrogens is 505 g/mol. The third-order valence-corrected chi connectivity index (χ3v) is 8.24. The van der Waals surface area contributed by atoms with Gasteiger partial charge in [-0.2, -0.15) is 18.2 Å². The highest BCUT2D eigenvalue weighted by atomic mass is 32.1. The van der Waals surface area contributed by atoms with Crippen LogP contribution >= 0.6 is 11.3 Å². The van der Waals surface area contributed by atoms with E-state index in [0.29, 0.717) is 24.2 Å². The fraction of sp³-hybridized carbons (Fsp3) is 0.577. The first-order valence-corrected chi connectivity index (χ1v) is 13.3. The lowest BCUT2D eigenvalue weighted by atomic mass is 9.95. The van der Waals surface area contributed by atoms with Crippen molar-refractivity contribution in [3.05, 3.63) is 45.2 Å². The van der Waals surface area contributed by atoms with Gasteiger partial charge in [0.2, 0.25) is 5.91 Å². The number of amides is 2. The Morgan fingerprint density at radius 3 is 2.59 bits per heavy atom. The van der Waals surface area contributed by atoms with Gasteiger partial charge >= 0.3 is 6.18 Å². The maximum absolute atomic E-state index is 13.5. The number of thiazole rings is 1. The quantitative estimate of drug-likeness (QED) is 0.593. The van der Waals surface area contributed by atoms with Gasteiger partial charge in [-0.1, -0.05) is 20.8 Å². The van der Waals surface area contributed by atoms with Crippen LogP contribution in [-0.2, 0) is 22.9 Å². The number of hydrogen-bond acceptors (Lipinski definition) is 5. The van der Waals surface area contributed by atoms with Crippen molar-refractivity contribution in [2.24, 2.45) is 4.99 Å². The standard InChI is InChI=1S/C26H33F3N4O3S/c1-25(2,3)21-14-33(13-17-8-10-22(34)30-17)24(37-21)31-23(35)19-12-16(26(27,28)29)7-9-20(19)36-15-18-6-5-11-32(18)4/h7,9,12,14,17-18H,5-6,8,10-11,13,15H2,1-4H3,(H,30,34)/t17-,18-/m0/s1. The van der Waals surface area contributed by atoms with Crippen LogP contribution < -0.4 is 14.9 Å². The van der Waals surface area contributed by atoms with Crippen LogP contribution in [0.4, 0.5) is 13.2 Å². The number of likely N-dealkylation sites (tertiary alicyclic amines) is 1. The average Bonchev–Trinajstić information content (AvgIpc) is 3.52. The number of hydrogen-bond donors (Lipinski definition) is 1. The van der Waals surface area contributed by atoms with Gasteiger partial charge in [0.15, 0.2) is 4.80 Å². The van der Waals surface area contributed by atoms with E-state index in [1.165, 1.54) is 17.4 Å². The van der Waals surface area contributed by atoms with E-state index in [1.54, 1.807) is 4.57 Å². The lowest BCUT2D eigenvalue weighted by molar-refractivity contribution is -0.137. The number of ether oxygens (including phenoxy) is 1. The molecule has 202 valence electrons. The topological polar surface area (TPSA) is 75.9 Å². The summed E-state index contributed by atoms with van der Waals surface area (Å²) < 4.78 is 48.2. The zero-order chi connectivity index (χ0) is 27.0. The molecule has 37 heavy (non-hydrogen) atoms. The van der Waals surface area contributed by atoms with E-state index in [4.69, 9.17) is 4.74 Å². The molecule has 0 spiro atoms. The van der Waals surface area contributed by atoms with Gasteiger partial charge in [0.1, 0.15) is 12.4 Å². The number of aromatic nitrogens is 1. The number of rotatable bonds is 6. The van der Waals surface area contributed by atoms with E-state index in [1.807, 2.05) is 34.0 Å². The molecule has 2 amide bonds. The molecule has 2 aromatic rings. The molecule has 2 atom stereocenters. The van der Waals surface area contributed by atoms with Crippen LogP contribution in [-0.4, -0.2) is 53.6 Å². The number of halogens is 3. The highest BCUT2D eigenvalue weighted by Crippen LogP contribution is 2.33. The zero-order valence-electron chi connectivity index (χ0n) is 21.5. The molecule has 2 aliphatic heterocycles. The Labute approximate surface area is 218 Å². The zero-order valence-corrected chi connectivity index (χ0v) is 22.3. The van der Waals surface area contributed by atoms with Crippen molar-refractivity contribution in [3.8, 4) is 5.75 Å². The predicted molar refractivity (Wildman–Crippen MR) is 135 cm³/mol. The summed E-state index contributed by atoms with van der Waals surface area (Å²) in [6.07, 6.45) is 0.347. The minimum atomic E-state index is -4.61. The second-order valence-corrected chi connectivity index (χ2v) is 11.8. The number of benzene rings is 1. The van der Waals surface area contributed by atoms with Gasteiger partial charge in [-0.25, -0.2) is 0 Å². The Morgan fingerprint density at radius 2 is 2.00 bits per heavy atom. The second-order valence-electron chi connectivity index (χ2n) is 10.8. The van der Waals surface area contributed by atoms with E-state index < -0.39 is 17.6 Å². The Morgan fingerprint density at radius 1 is 1.24 bits per heavy atom. The lowest BCUT2D eigenvalue weighted by Crippen LogP contribution is -2.32. The van der Waals surface area contributed by atoms with Gasteiger partial charge in [0.05, 0.1) is 11.1 Å². The molecule has 0 aliphatic carbocycles.